The Kier molecular flexibility index (Phi) is 7.68. The minimum atomic E-state index is 0.0160. The molecule has 1 rings (SSSR count). The first-order valence-electron chi connectivity index (χ1n) is 6.67. The lowest BCUT2D eigenvalue weighted by molar-refractivity contribution is 0.100. The minimum absolute atomic E-state index is 0.0160. The molecule has 0 saturated carbocycles. The summed E-state index contributed by atoms with van der Waals surface area (Å²) in [6, 6.07) is 10.2. The Morgan fingerprint density at radius 1 is 1.22 bits per heavy atom. The van der Waals surface area contributed by atoms with Crippen molar-refractivity contribution in [1.29, 1.82) is 0 Å². The van der Waals surface area contributed by atoms with Gasteiger partial charge in [0, 0.05) is 6.61 Å². The maximum absolute atomic E-state index is 5.59. The molecule has 0 radical (unpaired) electrons. The van der Waals surface area contributed by atoms with Crippen LogP contribution in [-0.2, 0) is 4.74 Å². The Balaban J connectivity index is 2.26. The first-order valence-corrected chi connectivity index (χ1v) is 6.67. The Labute approximate surface area is 111 Å². The highest BCUT2D eigenvalue weighted by molar-refractivity contribution is 5.52. The standard InChI is InChI=1S/C17H22O/c1-3-4-10-15-18-16(2)11-8-9-14-17-12-6-5-7-13-17/h5-7,9,12-14,16H,3-4,10,15H2,1-2H3/b14-9+. The van der Waals surface area contributed by atoms with Gasteiger partial charge in [-0.2, -0.15) is 0 Å². The first-order chi connectivity index (χ1) is 8.83. The highest BCUT2D eigenvalue weighted by Gasteiger charge is 1.94. The van der Waals surface area contributed by atoms with E-state index < -0.39 is 0 Å². The van der Waals surface area contributed by atoms with Crippen LogP contribution in [0, 0.1) is 11.8 Å². The number of benzene rings is 1. The summed E-state index contributed by atoms with van der Waals surface area (Å²) >= 11 is 0. The van der Waals surface area contributed by atoms with E-state index in [0.29, 0.717) is 0 Å². The fraction of sp³-hybridized carbons (Fsp3) is 0.412. The van der Waals surface area contributed by atoms with Crippen molar-refractivity contribution in [1.82, 2.24) is 0 Å². The number of hydrogen-bond donors (Lipinski definition) is 0. The Morgan fingerprint density at radius 3 is 2.72 bits per heavy atom. The Morgan fingerprint density at radius 2 is 2.00 bits per heavy atom. The molecule has 1 nitrogen and oxygen atoms in total. The maximum Gasteiger partial charge on any atom is 0.115 e. The van der Waals surface area contributed by atoms with Crippen LogP contribution >= 0.6 is 0 Å². The molecule has 0 aromatic heterocycles. The van der Waals surface area contributed by atoms with Crippen molar-refractivity contribution in [3.63, 3.8) is 0 Å². The molecule has 0 amide bonds. The van der Waals surface area contributed by atoms with Crippen LogP contribution in [0.2, 0.25) is 0 Å². The summed E-state index contributed by atoms with van der Waals surface area (Å²) < 4.78 is 5.59. The van der Waals surface area contributed by atoms with Crippen LogP contribution in [0.5, 0.6) is 0 Å². The summed E-state index contributed by atoms with van der Waals surface area (Å²) in [5.41, 5.74) is 1.17. The van der Waals surface area contributed by atoms with Crippen LogP contribution < -0.4 is 0 Å². The van der Waals surface area contributed by atoms with Gasteiger partial charge in [-0.3, -0.25) is 0 Å². The van der Waals surface area contributed by atoms with Crippen LogP contribution in [0.3, 0.4) is 0 Å². The third kappa shape index (κ3) is 6.93. The van der Waals surface area contributed by atoms with E-state index in [2.05, 4.69) is 30.9 Å². The molecule has 0 bridgehead atoms. The molecular weight excluding hydrogens is 220 g/mol. The normalized spacial score (nSPS) is 12.1. The predicted octanol–water partition coefficient (Wildman–Crippen LogP) is 4.30. The van der Waals surface area contributed by atoms with E-state index in [1.807, 2.05) is 37.3 Å². The van der Waals surface area contributed by atoms with E-state index in [-0.39, 0.29) is 6.10 Å². The van der Waals surface area contributed by atoms with Gasteiger partial charge < -0.3 is 4.74 Å². The molecular formula is C17H22O. The summed E-state index contributed by atoms with van der Waals surface area (Å²) in [6.07, 6.45) is 7.49. The van der Waals surface area contributed by atoms with Crippen molar-refractivity contribution in [2.45, 2.75) is 39.2 Å². The lowest BCUT2D eigenvalue weighted by atomic mass is 10.2. The highest BCUT2D eigenvalue weighted by atomic mass is 16.5. The zero-order valence-corrected chi connectivity index (χ0v) is 11.4. The van der Waals surface area contributed by atoms with Crippen LogP contribution in [0.15, 0.2) is 36.4 Å². The quantitative estimate of drug-likeness (QED) is 0.534. The molecule has 0 N–H and O–H groups in total. The van der Waals surface area contributed by atoms with Gasteiger partial charge in [0.15, 0.2) is 0 Å². The number of hydrogen-bond acceptors (Lipinski definition) is 1. The van der Waals surface area contributed by atoms with Gasteiger partial charge in [-0.05, 0) is 31.1 Å². The van der Waals surface area contributed by atoms with Crippen molar-refractivity contribution >= 4 is 6.08 Å². The van der Waals surface area contributed by atoms with E-state index in [1.165, 1.54) is 18.4 Å². The number of rotatable bonds is 6. The molecule has 0 saturated heterocycles. The van der Waals surface area contributed by atoms with Gasteiger partial charge in [-0.1, -0.05) is 61.9 Å². The summed E-state index contributed by atoms with van der Waals surface area (Å²) in [6.45, 7) is 5.00. The van der Waals surface area contributed by atoms with Crippen LogP contribution in [0.25, 0.3) is 6.08 Å². The van der Waals surface area contributed by atoms with Gasteiger partial charge >= 0.3 is 0 Å². The second kappa shape index (κ2) is 9.50. The first kappa shape index (κ1) is 14.5. The molecule has 0 aliphatic carbocycles. The molecule has 0 spiro atoms. The molecule has 1 atom stereocenters. The van der Waals surface area contributed by atoms with E-state index >= 15 is 0 Å². The van der Waals surface area contributed by atoms with Gasteiger partial charge in [-0.15, -0.1) is 0 Å². The largest absolute Gasteiger partial charge is 0.366 e. The minimum Gasteiger partial charge on any atom is -0.366 e. The molecule has 1 aromatic carbocycles. The smallest absolute Gasteiger partial charge is 0.115 e. The third-order valence-corrected chi connectivity index (χ3v) is 2.56. The van der Waals surface area contributed by atoms with Crippen LogP contribution in [0.4, 0.5) is 0 Å². The summed E-state index contributed by atoms with van der Waals surface area (Å²) in [7, 11) is 0. The van der Waals surface area contributed by atoms with E-state index in [4.69, 9.17) is 4.74 Å². The van der Waals surface area contributed by atoms with E-state index in [1.54, 1.807) is 0 Å². The SMILES string of the molecule is CCCCCOC(C)C#C/C=C/c1ccccc1. The zero-order chi connectivity index (χ0) is 13.1. The van der Waals surface area contributed by atoms with E-state index in [9.17, 15) is 0 Å². The second-order valence-electron chi connectivity index (χ2n) is 4.25. The van der Waals surface area contributed by atoms with Gasteiger partial charge in [0.05, 0.1) is 0 Å². The lowest BCUT2D eigenvalue weighted by Crippen LogP contribution is -2.06. The van der Waals surface area contributed by atoms with Gasteiger partial charge in [0.1, 0.15) is 6.10 Å². The molecule has 0 aliphatic rings. The average Bonchev–Trinajstić information content (AvgIpc) is 2.41. The fourth-order valence-corrected chi connectivity index (χ4v) is 1.52. The molecule has 1 unspecified atom stereocenters. The maximum atomic E-state index is 5.59. The van der Waals surface area contributed by atoms with Crippen molar-refractivity contribution in [3.05, 3.63) is 42.0 Å². The predicted molar refractivity (Wildman–Crippen MR) is 78.2 cm³/mol. The monoisotopic (exact) mass is 242 g/mol. The molecule has 1 aromatic rings. The van der Waals surface area contributed by atoms with Crippen LogP contribution in [-0.4, -0.2) is 12.7 Å². The van der Waals surface area contributed by atoms with Crippen molar-refractivity contribution < 1.29 is 4.74 Å². The lowest BCUT2D eigenvalue weighted by Gasteiger charge is -2.05. The molecule has 18 heavy (non-hydrogen) atoms. The fourth-order valence-electron chi connectivity index (χ4n) is 1.52. The second-order valence-corrected chi connectivity index (χ2v) is 4.25. The number of allylic oxidation sites excluding steroid dienone is 1. The molecule has 96 valence electrons. The van der Waals surface area contributed by atoms with Crippen molar-refractivity contribution in [3.8, 4) is 11.8 Å². The molecule has 0 aliphatic heterocycles. The highest BCUT2D eigenvalue weighted by Crippen LogP contribution is 2.00. The molecule has 0 fully saturated rings. The average molecular weight is 242 g/mol. The molecule has 1 heteroatoms. The van der Waals surface area contributed by atoms with Crippen molar-refractivity contribution in [2.75, 3.05) is 6.61 Å². The van der Waals surface area contributed by atoms with Gasteiger partial charge in [0.25, 0.3) is 0 Å². The number of ether oxygens (including phenoxy) is 1. The third-order valence-electron chi connectivity index (χ3n) is 2.56. The zero-order valence-electron chi connectivity index (χ0n) is 11.4. The Bertz CT molecular complexity index is 395. The summed E-state index contributed by atoms with van der Waals surface area (Å²) in [5.74, 6) is 6.09. The van der Waals surface area contributed by atoms with Crippen molar-refractivity contribution in [2.24, 2.45) is 0 Å². The summed E-state index contributed by atoms with van der Waals surface area (Å²) in [4.78, 5) is 0. The molecule has 0 heterocycles. The topological polar surface area (TPSA) is 9.23 Å². The number of unbranched alkanes of at least 4 members (excludes halogenated alkanes) is 2. The Hall–Kier alpha value is -1.52. The van der Waals surface area contributed by atoms with Crippen LogP contribution in [0.1, 0.15) is 38.7 Å². The van der Waals surface area contributed by atoms with Gasteiger partial charge in [-0.25, -0.2) is 0 Å². The van der Waals surface area contributed by atoms with E-state index in [0.717, 1.165) is 13.0 Å². The summed E-state index contributed by atoms with van der Waals surface area (Å²) in [5, 5.41) is 0. The van der Waals surface area contributed by atoms with Gasteiger partial charge in [0.2, 0.25) is 0 Å².